The average Bonchev–Trinajstić information content (AvgIpc) is 2.41. The molecule has 0 aromatic heterocycles. The molecule has 2 aromatic carbocycles. The molecule has 0 bridgehead atoms. The number of nitrogens with two attached hydrogens (primary N) is 1. The van der Waals surface area contributed by atoms with Gasteiger partial charge in [-0.2, -0.15) is 18.6 Å². The van der Waals surface area contributed by atoms with E-state index in [1.807, 2.05) is 26.0 Å². The molecule has 0 fully saturated rings. The first-order valence-corrected chi connectivity index (χ1v) is 7.99. The summed E-state index contributed by atoms with van der Waals surface area (Å²) in [6, 6.07) is 7.82. The fraction of sp³-hybridized carbons (Fsp3) is 0.200. The second-order valence-corrected chi connectivity index (χ2v) is 6.54. The van der Waals surface area contributed by atoms with Crippen molar-refractivity contribution in [3.05, 3.63) is 47.0 Å². The molecule has 0 unspecified atom stereocenters. The topological polar surface area (TPSA) is 105 Å². The zero-order chi connectivity index (χ0) is 16.5. The Hall–Kier alpha value is -1.25. The van der Waals surface area contributed by atoms with Crippen molar-refractivity contribution in [1.29, 1.82) is 0 Å². The molecule has 0 aliphatic carbocycles. The molecule has 0 saturated carbocycles. The van der Waals surface area contributed by atoms with Crippen LogP contribution < -0.4 is 35.3 Å². The van der Waals surface area contributed by atoms with E-state index in [-0.39, 0.29) is 34.5 Å². The fourth-order valence-electron chi connectivity index (χ4n) is 1.94. The van der Waals surface area contributed by atoms with Gasteiger partial charge in [-0.05, 0) is 67.8 Å². The Morgan fingerprint density at radius 2 is 1.48 bits per heavy atom. The zero-order valence-corrected chi connectivity index (χ0v) is 16.3. The summed E-state index contributed by atoms with van der Waals surface area (Å²) in [5, 5.41) is 8.33. The Bertz CT molecular complexity index is 865. The molecule has 0 aliphatic heterocycles. The molecule has 0 atom stereocenters. The molecule has 0 amide bonds. The van der Waals surface area contributed by atoms with Crippen LogP contribution in [0.3, 0.4) is 0 Å². The van der Waals surface area contributed by atoms with Crippen LogP contribution in [0.25, 0.3) is 0 Å². The van der Waals surface area contributed by atoms with Crippen LogP contribution in [0.2, 0.25) is 0 Å². The summed E-state index contributed by atoms with van der Waals surface area (Å²) in [4.78, 5) is -0.163. The SMILES string of the molecule is Cc1cc(N=Nc2ccc(S(=O)(=O)O)cc2C)c(C)cc1N.[Na+]. The van der Waals surface area contributed by atoms with E-state index in [1.165, 1.54) is 18.2 Å². The second kappa shape index (κ2) is 7.55. The third kappa shape index (κ3) is 4.86. The van der Waals surface area contributed by atoms with Crippen molar-refractivity contribution in [2.45, 2.75) is 25.7 Å². The number of hydrogen-bond donors (Lipinski definition) is 2. The monoisotopic (exact) mass is 342 g/mol. The Labute approximate surface area is 157 Å². The van der Waals surface area contributed by atoms with Gasteiger partial charge in [0.1, 0.15) is 0 Å². The quantitative estimate of drug-likeness (QED) is 0.373. The largest absolute Gasteiger partial charge is 1.00 e. The molecule has 2 aromatic rings. The van der Waals surface area contributed by atoms with E-state index in [1.54, 1.807) is 6.92 Å². The van der Waals surface area contributed by atoms with Crippen LogP contribution in [0.1, 0.15) is 16.7 Å². The van der Waals surface area contributed by atoms with Crippen molar-refractivity contribution in [1.82, 2.24) is 0 Å². The number of nitrogens with zero attached hydrogens (tertiary/aromatic N) is 2. The molecule has 6 nitrogen and oxygen atoms in total. The normalized spacial score (nSPS) is 11.5. The van der Waals surface area contributed by atoms with Crippen molar-refractivity contribution in [3.63, 3.8) is 0 Å². The van der Waals surface area contributed by atoms with Gasteiger partial charge in [0.05, 0.1) is 16.3 Å². The predicted octanol–water partition coefficient (Wildman–Crippen LogP) is 0.860. The van der Waals surface area contributed by atoms with Gasteiger partial charge >= 0.3 is 29.6 Å². The van der Waals surface area contributed by atoms with E-state index in [9.17, 15) is 8.42 Å². The minimum atomic E-state index is -4.21. The maximum atomic E-state index is 11.1. The Morgan fingerprint density at radius 1 is 0.913 bits per heavy atom. The number of rotatable bonds is 3. The Balaban J connectivity index is 0.00000264. The summed E-state index contributed by atoms with van der Waals surface area (Å²) in [6.45, 7) is 5.47. The van der Waals surface area contributed by atoms with Gasteiger partial charge in [0.2, 0.25) is 0 Å². The van der Waals surface area contributed by atoms with Crippen LogP contribution in [-0.4, -0.2) is 13.0 Å². The molecule has 23 heavy (non-hydrogen) atoms. The van der Waals surface area contributed by atoms with E-state index < -0.39 is 10.1 Å². The third-order valence-electron chi connectivity index (χ3n) is 3.32. The molecule has 0 aliphatic rings. The van der Waals surface area contributed by atoms with E-state index in [0.717, 1.165) is 11.1 Å². The van der Waals surface area contributed by atoms with E-state index in [4.69, 9.17) is 10.3 Å². The molecule has 0 radical (unpaired) electrons. The van der Waals surface area contributed by atoms with E-state index >= 15 is 0 Å². The van der Waals surface area contributed by atoms with Gasteiger partial charge in [0, 0.05) is 5.69 Å². The van der Waals surface area contributed by atoms with Crippen LogP contribution >= 0.6 is 0 Å². The first kappa shape index (κ1) is 19.8. The molecule has 2 rings (SSSR count). The molecule has 3 N–H and O–H groups in total. The van der Waals surface area contributed by atoms with Crippen molar-refractivity contribution in [3.8, 4) is 0 Å². The molecule has 116 valence electrons. The van der Waals surface area contributed by atoms with Crippen molar-refractivity contribution < 1.29 is 42.5 Å². The van der Waals surface area contributed by atoms with Gasteiger partial charge in [0.15, 0.2) is 0 Å². The average molecular weight is 342 g/mol. The number of benzene rings is 2. The summed E-state index contributed by atoms with van der Waals surface area (Å²) >= 11 is 0. The van der Waals surface area contributed by atoms with Crippen LogP contribution in [0.15, 0.2) is 45.5 Å². The van der Waals surface area contributed by atoms with Gasteiger partial charge in [-0.25, -0.2) is 0 Å². The summed E-state index contributed by atoms with van der Waals surface area (Å²) in [7, 11) is -4.21. The van der Waals surface area contributed by atoms with Gasteiger partial charge < -0.3 is 5.73 Å². The molecule has 0 saturated heterocycles. The van der Waals surface area contributed by atoms with E-state index in [2.05, 4.69) is 10.2 Å². The van der Waals surface area contributed by atoms with Crippen LogP contribution in [0.5, 0.6) is 0 Å². The van der Waals surface area contributed by atoms with Crippen LogP contribution in [0, 0.1) is 20.8 Å². The number of anilines is 1. The summed E-state index contributed by atoms with van der Waals surface area (Å²) in [5.74, 6) is 0. The number of nitrogen functional groups attached to an aromatic ring is 1. The number of aryl methyl sites for hydroxylation is 3. The van der Waals surface area contributed by atoms with Gasteiger partial charge in [-0.15, -0.1) is 0 Å². The third-order valence-corrected chi connectivity index (χ3v) is 4.17. The molecule has 0 heterocycles. The standard InChI is InChI=1S/C15H17N3O3S.Na/c1-9-8-15(11(3)7-13(9)16)18-17-14-5-4-12(6-10(14)2)22(19,20)21;/h4-8H,16H2,1-3H3,(H,19,20,21);/q;+1. The fourth-order valence-corrected chi connectivity index (χ4v) is 2.51. The molecular weight excluding hydrogens is 325 g/mol. The molecule has 8 heteroatoms. The summed E-state index contributed by atoms with van der Waals surface area (Å²) < 4.78 is 31.2. The van der Waals surface area contributed by atoms with Gasteiger partial charge in [0.25, 0.3) is 10.1 Å². The molecule has 0 spiro atoms. The smallest absolute Gasteiger partial charge is 0.399 e. The van der Waals surface area contributed by atoms with Crippen LogP contribution in [-0.2, 0) is 10.1 Å². The Morgan fingerprint density at radius 3 is 2.04 bits per heavy atom. The number of azo groups is 1. The zero-order valence-electron chi connectivity index (χ0n) is 13.5. The Kier molecular flexibility index (Phi) is 6.49. The van der Waals surface area contributed by atoms with Crippen molar-refractivity contribution in [2.75, 3.05) is 5.73 Å². The van der Waals surface area contributed by atoms with Gasteiger partial charge in [-0.1, -0.05) is 0 Å². The minimum Gasteiger partial charge on any atom is -0.399 e. The van der Waals surface area contributed by atoms with E-state index in [0.29, 0.717) is 22.6 Å². The summed E-state index contributed by atoms with van der Waals surface area (Å²) in [6.07, 6.45) is 0. The first-order valence-electron chi connectivity index (χ1n) is 6.55. The van der Waals surface area contributed by atoms with Crippen molar-refractivity contribution >= 4 is 27.2 Å². The predicted molar refractivity (Wildman–Crippen MR) is 85.5 cm³/mol. The summed E-state index contributed by atoms with van der Waals surface area (Å²) in [5.41, 5.74) is 10.2. The molecular formula is C15H17N3NaO3S+. The second-order valence-electron chi connectivity index (χ2n) is 5.12. The maximum Gasteiger partial charge on any atom is 1.00 e. The minimum absolute atomic E-state index is 0. The maximum absolute atomic E-state index is 11.1. The van der Waals surface area contributed by atoms with Crippen LogP contribution in [0.4, 0.5) is 17.1 Å². The van der Waals surface area contributed by atoms with Crippen molar-refractivity contribution in [2.24, 2.45) is 10.2 Å². The van der Waals surface area contributed by atoms with Gasteiger partial charge in [-0.3, -0.25) is 4.55 Å². The number of hydrogen-bond acceptors (Lipinski definition) is 5. The first-order chi connectivity index (χ1) is 10.2.